The first-order valence-corrected chi connectivity index (χ1v) is 8.56. The minimum Gasteiger partial charge on any atom is -0.496 e. The predicted molar refractivity (Wildman–Crippen MR) is 90.1 cm³/mol. The van der Waals surface area contributed by atoms with E-state index in [0.717, 1.165) is 18.2 Å². The Morgan fingerprint density at radius 3 is 2.52 bits per heavy atom. The summed E-state index contributed by atoms with van der Waals surface area (Å²) in [6, 6.07) is 4.97. The lowest BCUT2D eigenvalue weighted by molar-refractivity contribution is 0.265. The van der Waals surface area contributed by atoms with Gasteiger partial charge in [0.15, 0.2) is 0 Å². The van der Waals surface area contributed by atoms with Crippen molar-refractivity contribution in [2.45, 2.75) is 65.3 Å². The van der Waals surface area contributed by atoms with Gasteiger partial charge in [0.25, 0.3) is 0 Å². The molecule has 0 spiro atoms. The lowest BCUT2D eigenvalue weighted by Gasteiger charge is -2.33. The van der Waals surface area contributed by atoms with E-state index < -0.39 is 0 Å². The summed E-state index contributed by atoms with van der Waals surface area (Å²) in [7, 11) is 1.81. The van der Waals surface area contributed by atoms with Gasteiger partial charge in [-0.25, -0.2) is 0 Å². The molecule has 2 heteroatoms. The third-order valence-corrected chi connectivity index (χ3v) is 4.98. The van der Waals surface area contributed by atoms with E-state index >= 15 is 0 Å². The highest BCUT2D eigenvalue weighted by Gasteiger charge is 2.27. The van der Waals surface area contributed by atoms with Crippen molar-refractivity contribution in [1.82, 2.24) is 5.32 Å². The Kier molecular flexibility index (Phi) is 6.10. The zero-order valence-corrected chi connectivity index (χ0v) is 14.2. The molecule has 1 aliphatic rings. The van der Waals surface area contributed by atoms with Crippen LogP contribution in [0.1, 0.15) is 68.2 Å². The van der Waals surface area contributed by atoms with Gasteiger partial charge in [0.05, 0.1) is 7.11 Å². The van der Waals surface area contributed by atoms with E-state index in [1.54, 1.807) is 0 Å². The number of hydrogen-bond donors (Lipinski definition) is 1. The second-order valence-electron chi connectivity index (χ2n) is 6.46. The Morgan fingerprint density at radius 2 is 1.90 bits per heavy atom. The van der Waals surface area contributed by atoms with Gasteiger partial charge in [-0.3, -0.25) is 0 Å². The van der Waals surface area contributed by atoms with E-state index in [2.05, 4.69) is 38.2 Å². The molecule has 1 atom stereocenters. The van der Waals surface area contributed by atoms with Gasteiger partial charge in [-0.2, -0.15) is 0 Å². The van der Waals surface area contributed by atoms with E-state index in [1.807, 2.05) is 7.11 Å². The highest BCUT2D eigenvalue weighted by atomic mass is 16.5. The number of hydrogen-bond acceptors (Lipinski definition) is 2. The fourth-order valence-corrected chi connectivity index (χ4v) is 3.62. The van der Waals surface area contributed by atoms with Crippen molar-refractivity contribution >= 4 is 0 Å². The first-order valence-electron chi connectivity index (χ1n) is 8.56. The van der Waals surface area contributed by atoms with Crippen LogP contribution in [-0.2, 0) is 0 Å². The van der Waals surface area contributed by atoms with Crippen LogP contribution in [0.2, 0.25) is 0 Å². The average Bonchev–Trinajstić information content (AvgIpc) is 2.52. The molecule has 1 aromatic carbocycles. The highest BCUT2D eigenvalue weighted by Crippen LogP contribution is 2.39. The van der Waals surface area contributed by atoms with Crippen molar-refractivity contribution < 1.29 is 4.74 Å². The Balaban J connectivity index is 2.33. The second kappa shape index (κ2) is 7.84. The van der Waals surface area contributed by atoms with Gasteiger partial charge in [0, 0.05) is 11.6 Å². The van der Waals surface area contributed by atoms with E-state index in [9.17, 15) is 0 Å². The van der Waals surface area contributed by atoms with Crippen molar-refractivity contribution in [2.75, 3.05) is 13.7 Å². The quantitative estimate of drug-likeness (QED) is 0.801. The van der Waals surface area contributed by atoms with Crippen molar-refractivity contribution in [3.05, 3.63) is 28.8 Å². The van der Waals surface area contributed by atoms with Crippen molar-refractivity contribution in [3.63, 3.8) is 0 Å². The van der Waals surface area contributed by atoms with Crippen LogP contribution in [0.4, 0.5) is 0 Å². The molecule has 0 saturated heterocycles. The maximum atomic E-state index is 5.77. The molecule has 0 aliphatic heterocycles. The van der Waals surface area contributed by atoms with E-state index in [1.165, 1.54) is 55.2 Å². The summed E-state index contributed by atoms with van der Waals surface area (Å²) in [6.45, 7) is 7.66. The van der Waals surface area contributed by atoms with E-state index in [4.69, 9.17) is 4.74 Å². The summed E-state index contributed by atoms with van der Waals surface area (Å²) >= 11 is 0. The van der Waals surface area contributed by atoms with Crippen molar-refractivity contribution in [1.29, 1.82) is 0 Å². The molecule has 0 bridgehead atoms. The smallest absolute Gasteiger partial charge is 0.126 e. The lowest BCUT2D eigenvalue weighted by Crippen LogP contribution is -2.30. The molecule has 118 valence electrons. The molecule has 1 unspecified atom stereocenters. The van der Waals surface area contributed by atoms with Crippen LogP contribution in [0.15, 0.2) is 12.1 Å². The second-order valence-corrected chi connectivity index (χ2v) is 6.46. The monoisotopic (exact) mass is 289 g/mol. The van der Waals surface area contributed by atoms with Crippen LogP contribution in [0.5, 0.6) is 5.75 Å². The minimum atomic E-state index is 0.444. The zero-order valence-electron chi connectivity index (χ0n) is 14.2. The van der Waals surface area contributed by atoms with E-state index in [-0.39, 0.29) is 0 Å². The van der Waals surface area contributed by atoms with Crippen LogP contribution in [0, 0.1) is 19.8 Å². The topological polar surface area (TPSA) is 21.3 Å². The molecule has 0 amide bonds. The summed E-state index contributed by atoms with van der Waals surface area (Å²) in [5.41, 5.74) is 3.96. The SMILES string of the molecule is CCCNC(c1ccc(C)c(C)c1OC)C1CCCCC1. The maximum Gasteiger partial charge on any atom is 0.126 e. The fourth-order valence-electron chi connectivity index (χ4n) is 3.62. The molecule has 2 rings (SSSR count). The molecular formula is C19H31NO. The summed E-state index contributed by atoms with van der Waals surface area (Å²) in [5.74, 6) is 1.84. The maximum absolute atomic E-state index is 5.77. The van der Waals surface area contributed by atoms with Crippen LogP contribution in [-0.4, -0.2) is 13.7 Å². The van der Waals surface area contributed by atoms with Gasteiger partial charge in [-0.15, -0.1) is 0 Å². The first-order chi connectivity index (χ1) is 10.2. The van der Waals surface area contributed by atoms with Crippen LogP contribution in [0.25, 0.3) is 0 Å². The number of ether oxygens (including phenoxy) is 1. The number of benzene rings is 1. The van der Waals surface area contributed by atoms with Crippen molar-refractivity contribution in [2.24, 2.45) is 5.92 Å². The highest BCUT2D eigenvalue weighted by molar-refractivity contribution is 5.47. The largest absolute Gasteiger partial charge is 0.496 e. The van der Waals surface area contributed by atoms with Gasteiger partial charge < -0.3 is 10.1 Å². The zero-order chi connectivity index (χ0) is 15.2. The van der Waals surface area contributed by atoms with E-state index in [0.29, 0.717) is 6.04 Å². The average molecular weight is 289 g/mol. The summed E-state index contributed by atoms with van der Waals surface area (Å²) < 4.78 is 5.77. The lowest BCUT2D eigenvalue weighted by atomic mass is 9.80. The number of methoxy groups -OCH3 is 1. The molecule has 1 N–H and O–H groups in total. The third kappa shape index (κ3) is 3.79. The molecule has 1 aromatic rings. The summed E-state index contributed by atoms with van der Waals surface area (Å²) in [4.78, 5) is 0. The van der Waals surface area contributed by atoms with Crippen LogP contribution < -0.4 is 10.1 Å². The Hall–Kier alpha value is -1.02. The van der Waals surface area contributed by atoms with Gasteiger partial charge in [-0.1, -0.05) is 38.3 Å². The van der Waals surface area contributed by atoms with Gasteiger partial charge in [0.2, 0.25) is 0 Å². The number of aryl methyl sites for hydroxylation is 1. The molecule has 0 radical (unpaired) electrons. The molecule has 1 fully saturated rings. The van der Waals surface area contributed by atoms with Crippen molar-refractivity contribution in [3.8, 4) is 5.75 Å². The predicted octanol–water partition coefficient (Wildman–Crippen LogP) is 4.93. The van der Waals surface area contributed by atoms with Crippen LogP contribution in [0.3, 0.4) is 0 Å². The summed E-state index contributed by atoms with van der Waals surface area (Å²) in [6.07, 6.45) is 8.02. The molecule has 2 nitrogen and oxygen atoms in total. The van der Waals surface area contributed by atoms with Gasteiger partial charge in [-0.05, 0) is 56.7 Å². The number of rotatable bonds is 6. The normalized spacial score (nSPS) is 17.7. The summed E-state index contributed by atoms with van der Waals surface area (Å²) in [5, 5.41) is 3.80. The Labute approximate surface area is 130 Å². The molecular weight excluding hydrogens is 258 g/mol. The molecule has 0 heterocycles. The molecule has 0 aromatic heterocycles. The molecule has 1 aliphatic carbocycles. The first kappa shape index (κ1) is 16.4. The van der Waals surface area contributed by atoms with Gasteiger partial charge in [0.1, 0.15) is 5.75 Å². The number of nitrogens with one attached hydrogen (secondary N) is 1. The molecule has 1 saturated carbocycles. The fraction of sp³-hybridized carbons (Fsp3) is 0.684. The Bertz CT molecular complexity index is 449. The minimum absolute atomic E-state index is 0.444. The molecule has 21 heavy (non-hydrogen) atoms. The Morgan fingerprint density at radius 1 is 1.19 bits per heavy atom. The standard InChI is InChI=1S/C19H31NO/c1-5-13-20-18(16-9-7-6-8-10-16)17-12-11-14(2)15(3)19(17)21-4/h11-12,16,18,20H,5-10,13H2,1-4H3. The van der Waals surface area contributed by atoms with Crippen LogP contribution >= 0.6 is 0 Å². The third-order valence-electron chi connectivity index (χ3n) is 4.98. The van der Waals surface area contributed by atoms with Gasteiger partial charge >= 0.3 is 0 Å².